The van der Waals surface area contributed by atoms with Crippen LogP contribution in [0.1, 0.15) is 30.6 Å². The molecule has 0 spiro atoms. The SMILES string of the molecule is CC(=O)c1ccccc1OCCC(C)N(C)C. The molecule has 0 aliphatic carbocycles. The molecule has 0 aliphatic heterocycles. The highest BCUT2D eigenvalue weighted by Gasteiger charge is 2.08. The van der Waals surface area contributed by atoms with Gasteiger partial charge in [-0.25, -0.2) is 0 Å². The van der Waals surface area contributed by atoms with Crippen molar-refractivity contribution in [3.8, 4) is 5.75 Å². The lowest BCUT2D eigenvalue weighted by molar-refractivity contribution is 0.101. The third-order valence-electron chi connectivity index (χ3n) is 2.94. The van der Waals surface area contributed by atoms with Crippen LogP contribution >= 0.6 is 0 Å². The number of nitrogens with zero attached hydrogens (tertiary/aromatic N) is 1. The summed E-state index contributed by atoms with van der Waals surface area (Å²) < 4.78 is 5.67. The van der Waals surface area contributed by atoms with E-state index in [9.17, 15) is 4.79 Å². The number of carbonyl (C=O) groups excluding carboxylic acids is 1. The van der Waals surface area contributed by atoms with Crippen molar-refractivity contribution in [3.05, 3.63) is 29.8 Å². The van der Waals surface area contributed by atoms with Crippen LogP contribution in [-0.4, -0.2) is 37.4 Å². The zero-order valence-electron chi connectivity index (χ0n) is 11.1. The third kappa shape index (κ3) is 4.19. The minimum Gasteiger partial charge on any atom is -0.493 e. The number of ketones is 1. The summed E-state index contributed by atoms with van der Waals surface area (Å²) in [6.45, 7) is 4.34. The van der Waals surface area contributed by atoms with Crippen molar-refractivity contribution < 1.29 is 9.53 Å². The maximum atomic E-state index is 11.4. The number of benzene rings is 1. The molecule has 1 atom stereocenters. The highest BCUT2D eigenvalue weighted by Crippen LogP contribution is 2.18. The predicted octanol–water partition coefficient (Wildman–Crippen LogP) is 2.61. The van der Waals surface area contributed by atoms with E-state index in [1.165, 1.54) is 0 Å². The standard InChI is InChI=1S/C14H21NO2/c1-11(15(3)4)9-10-17-14-8-6-5-7-13(14)12(2)16/h5-8,11H,9-10H2,1-4H3. The molecule has 0 aliphatic rings. The molecular weight excluding hydrogens is 214 g/mol. The van der Waals surface area contributed by atoms with Gasteiger partial charge in [0, 0.05) is 6.04 Å². The zero-order valence-corrected chi connectivity index (χ0v) is 11.1. The fraction of sp³-hybridized carbons (Fsp3) is 0.500. The van der Waals surface area contributed by atoms with E-state index in [1.807, 2.05) is 32.3 Å². The van der Waals surface area contributed by atoms with E-state index >= 15 is 0 Å². The molecule has 0 radical (unpaired) electrons. The molecule has 1 aromatic carbocycles. The fourth-order valence-corrected chi connectivity index (χ4v) is 1.48. The van der Waals surface area contributed by atoms with Crippen molar-refractivity contribution in [2.24, 2.45) is 0 Å². The van der Waals surface area contributed by atoms with Gasteiger partial charge in [0.2, 0.25) is 0 Å². The Balaban J connectivity index is 2.55. The van der Waals surface area contributed by atoms with E-state index in [1.54, 1.807) is 13.0 Å². The van der Waals surface area contributed by atoms with Gasteiger partial charge in [-0.1, -0.05) is 12.1 Å². The molecule has 0 aromatic heterocycles. The Labute approximate surface area is 103 Å². The highest BCUT2D eigenvalue weighted by molar-refractivity contribution is 5.96. The molecule has 0 fully saturated rings. The summed E-state index contributed by atoms with van der Waals surface area (Å²) in [4.78, 5) is 13.5. The van der Waals surface area contributed by atoms with E-state index in [2.05, 4.69) is 11.8 Å². The molecule has 17 heavy (non-hydrogen) atoms. The van der Waals surface area contributed by atoms with Crippen molar-refractivity contribution in [2.75, 3.05) is 20.7 Å². The number of rotatable bonds is 6. The van der Waals surface area contributed by atoms with E-state index in [0.717, 1.165) is 6.42 Å². The summed E-state index contributed by atoms with van der Waals surface area (Å²) in [6.07, 6.45) is 0.944. The van der Waals surface area contributed by atoms with Crippen molar-refractivity contribution >= 4 is 5.78 Å². The van der Waals surface area contributed by atoms with E-state index in [4.69, 9.17) is 4.74 Å². The summed E-state index contributed by atoms with van der Waals surface area (Å²) in [5.74, 6) is 0.729. The molecule has 0 bridgehead atoms. The van der Waals surface area contributed by atoms with Gasteiger partial charge in [0.05, 0.1) is 12.2 Å². The topological polar surface area (TPSA) is 29.5 Å². The number of para-hydroxylation sites is 1. The second kappa shape index (κ2) is 6.40. The molecule has 0 N–H and O–H groups in total. The Bertz CT molecular complexity index is 374. The summed E-state index contributed by atoms with van der Waals surface area (Å²) in [7, 11) is 4.10. The fourth-order valence-electron chi connectivity index (χ4n) is 1.48. The average molecular weight is 235 g/mol. The van der Waals surface area contributed by atoms with Crippen LogP contribution in [0.25, 0.3) is 0 Å². The van der Waals surface area contributed by atoms with Crippen LogP contribution in [0.4, 0.5) is 0 Å². The van der Waals surface area contributed by atoms with Crippen LogP contribution in [0, 0.1) is 0 Å². The average Bonchev–Trinajstić information content (AvgIpc) is 2.29. The minimum absolute atomic E-state index is 0.0428. The molecule has 3 heteroatoms. The van der Waals surface area contributed by atoms with Crippen molar-refractivity contribution in [1.82, 2.24) is 4.90 Å². The van der Waals surface area contributed by atoms with Crippen molar-refractivity contribution in [1.29, 1.82) is 0 Å². The molecule has 94 valence electrons. The van der Waals surface area contributed by atoms with Crippen LogP contribution in [0.5, 0.6) is 5.75 Å². The van der Waals surface area contributed by atoms with Crippen molar-refractivity contribution in [2.45, 2.75) is 26.3 Å². The lowest BCUT2D eigenvalue weighted by Gasteiger charge is -2.19. The first-order valence-corrected chi connectivity index (χ1v) is 5.91. The van der Waals surface area contributed by atoms with Gasteiger partial charge < -0.3 is 9.64 Å². The van der Waals surface area contributed by atoms with Gasteiger partial charge in [0.15, 0.2) is 5.78 Å². The first-order valence-electron chi connectivity index (χ1n) is 5.91. The Hall–Kier alpha value is -1.35. The summed E-state index contributed by atoms with van der Waals surface area (Å²) in [5.41, 5.74) is 0.657. The Morgan fingerprint density at radius 1 is 1.35 bits per heavy atom. The lowest BCUT2D eigenvalue weighted by Crippen LogP contribution is -2.26. The molecular formula is C14H21NO2. The second-order valence-electron chi connectivity index (χ2n) is 4.50. The van der Waals surface area contributed by atoms with Gasteiger partial charge in [-0.15, -0.1) is 0 Å². The van der Waals surface area contributed by atoms with Gasteiger partial charge in [-0.2, -0.15) is 0 Å². The Kier molecular flexibility index (Phi) is 5.16. The van der Waals surface area contributed by atoms with E-state index in [0.29, 0.717) is 24.0 Å². The highest BCUT2D eigenvalue weighted by atomic mass is 16.5. The van der Waals surface area contributed by atoms with Crippen molar-refractivity contribution in [3.63, 3.8) is 0 Å². The quantitative estimate of drug-likeness (QED) is 0.710. The van der Waals surface area contributed by atoms with Crippen LogP contribution in [-0.2, 0) is 0 Å². The maximum Gasteiger partial charge on any atom is 0.163 e. The zero-order chi connectivity index (χ0) is 12.8. The second-order valence-corrected chi connectivity index (χ2v) is 4.50. The van der Waals surface area contributed by atoms with E-state index in [-0.39, 0.29) is 5.78 Å². The first kappa shape index (κ1) is 13.7. The monoisotopic (exact) mass is 235 g/mol. The molecule has 3 nitrogen and oxygen atoms in total. The summed E-state index contributed by atoms with van der Waals surface area (Å²) >= 11 is 0. The molecule has 0 saturated carbocycles. The van der Waals surface area contributed by atoms with Crippen LogP contribution < -0.4 is 4.74 Å². The summed E-state index contributed by atoms with van der Waals surface area (Å²) in [6, 6.07) is 7.85. The largest absolute Gasteiger partial charge is 0.493 e. The third-order valence-corrected chi connectivity index (χ3v) is 2.94. The van der Waals surface area contributed by atoms with Crippen LogP contribution in [0.2, 0.25) is 0 Å². The summed E-state index contributed by atoms with van der Waals surface area (Å²) in [5, 5.41) is 0. The predicted molar refractivity (Wildman–Crippen MR) is 69.7 cm³/mol. The van der Waals surface area contributed by atoms with Crippen LogP contribution in [0.3, 0.4) is 0 Å². The Morgan fingerprint density at radius 3 is 2.59 bits per heavy atom. The number of hydrogen-bond donors (Lipinski definition) is 0. The molecule has 0 saturated heterocycles. The number of carbonyl (C=O) groups is 1. The molecule has 0 amide bonds. The first-order chi connectivity index (χ1) is 8.02. The molecule has 1 aromatic rings. The number of ether oxygens (including phenoxy) is 1. The van der Waals surface area contributed by atoms with Gasteiger partial charge in [-0.05, 0) is 46.5 Å². The number of Topliss-reactive ketones (excluding diaryl/α,β-unsaturated/α-hetero) is 1. The number of hydrogen-bond acceptors (Lipinski definition) is 3. The smallest absolute Gasteiger partial charge is 0.163 e. The van der Waals surface area contributed by atoms with Gasteiger partial charge in [0.1, 0.15) is 5.75 Å². The van der Waals surface area contributed by atoms with Gasteiger partial charge >= 0.3 is 0 Å². The minimum atomic E-state index is 0.0428. The molecule has 1 unspecified atom stereocenters. The maximum absolute atomic E-state index is 11.4. The van der Waals surface area contributed by atoms with E-state index < -0.39 is 0 Å². The Morgan fingerprint density at radius 2 is 2.00 bits per heavy atom. The molecule has 1 rings (SSSR count). The lowest BCUT2D eigenvalue weighted by atomic mass is 10.1. The van der Waals surface area contributed by atoms with Crippen LogP contribution in [0.15, 0.2) is 24.3 Å². The normalized spacial score (nSPS) is 12.5. The molecule has 0 heterocycles. The van der Waals surface area contributed by atoms with Gasteiger partial charge in [0.25, 0.3) is 0 Å². The van der Waals surface area contributed by atoms with Gasteiger partial charge in [-0.3, -0.25) is 4.79 Å².